The lowest BCUT2D eigenvalue weighted by Crippen LogP contribution is -2.48. The van der Waals surface area contributed by atoms with E-state index in [1.807, 2.05) is 26.8 Å². The van der Waals surface area contributed by atoms with Crippen molar-refractivity contribution in [2.45, 2.75) is 54.9 Å². The Balaban J connectivity index is 2.82. The number of carbonyl (C=O) groups is 1. The van der Waals surface area contributed by atoms with Crippen molar-refractivity contribution in [2.24, 2.45) is 16.2 Å². The Kier molecular flexibility index (Phi) is 5.07. The molecule has 1 atom stereocenters. The van der Waals surface area contributed by atoms with Gasteiger partial charge in [0.1, 0.15) is 6.61 Å². The minimum Gasteiger partial charge on any atom is -0.464 e. The van der Waals surface area contributed by atoms with Crippen molar-refractivity contribution in [3.05, 3.63) is 11.6 Å². The van der Waals surface area contributed by atoms with Crippen LogP contribution in [0.25, 0.3) is 0 Å². The van der Waals surface area contributed by atoms with Crippen molar-refractivity contribution in [1.29, 1.82) is 0 Å². The van der Waals surface area contributed by atoms with E-state index in [-0.39, 0.29) is 16.8 Å². The Bertz CT molecular complexity index is 376. The van der Waals surface area contributed by atoms with E-state index < -0.39 is 5.41 Å². The lowest BCUT2D eigenvalue weighted by molar-refractivity contribution is -0.180. The minimum atomic E-state index is -0.606. The third-order valence-electron chi connectivity index (χ3n) is 4.64. The zero-order valence-electron chi connectivity index (χ0n) is 14.1. The maximum Gasteiger partial charge on any atom is 0.316 e. The molecule has 20 heavy (non-hydrogen) atoms. The van der Waals surface area contributed by atoms with E-state index in [1.54, 1.807) is 0 Å². The molecule has 1 rings (SSSR count). The molecule has 1 aliphatic heterocycles. The highest BCUT2D eigenvalue weighted by molar-refractivity contribution is 5.80. The lowest BCUT2D eigenvalue weighted by Gasteiger charge is -2.42. The van der Waals surface area contributed by atoms with Crippen molar-refractivity contribution in [1.82, 2.24) is 0 Å². The van der Waals surface area contributed by atoms with E-state index in [2.05, 4.69) is 27.7 Å². The summed E-state index contributed by atoms with van der Waals surface area (Å²) in [6.45, 7) is 16.2. The molecule has 0 aromatic rings. The predicted molar refractivity (Wildman–Crippen MR) is 81.5 cm³/mol. The number of hydrogen-bond donors (Lipinski definition) is 0. The molecule has 0 aromatic heterocycles. The van der Waals surface area contributed by atoms with Crippen LogP contribution < -0.4 is 0 Å². The summed E-state index contributed by atoms with van der Waals surface area (Å²) in [5.74, 6) is -0.133. The second-order valence-corrected chi connectivity index (χ2v) is 7.60. The van der Waals surface area contributed by atoms with Crippen LogP contribution in [-0.2, 0) is 14.3 Å². The number of rotatable bonds is 5. The summed E-state index contributed by atoms with van der Waals surface area (Å²) < 4.78 is 10.9. The number of ether oxygens (including phenoxy) is 2. The molecule has 0 N–H and O–H groups in total. The van der Waals surface area contributed by atoms with Gasteiger partial charge in [-0.1, -0.05) is 39.3 Å². The topological polar surface area (TPSA) is 35.5 Å². The summed E-state index contributed by atoms with van der Waals surface area (Å²) >= 11 is 0. The van der Waals surface area contributed by atoms with E-state index in [9.17, 15) is 4.79 Å². The van der Waals surface area contributed by atoms with Gasteiger partial charge < -0.3 is 9.47 Å². The molecule has 3 nitrogen and oxygen atoms in total. The molecule has 1 fully saturated rings. The second kappa shape index (κ2) is 5.88. The van der Waals surface area contributed by atoms with Crippen molar-refractivity contribution < 1.29 is 14.3 Å². The number of allylic oxidation sites excluding steroid dienone is 1. The molecule has 0 radical (unpaired) electrons. The van der Waals surface area contributed by atoms with E-state index in [0.717, 1.165) is 12.0 Å². The quantitative estimate of drug-likeness (QED) is 0.565. The third kappa shape index (κ3) is 3.43. The summed E-state index contributed by atoms with van der Waals surface area (Å²) in [6, 6.07) is 0. The minimum absolute atomic E-state index is 0.0411. The molecule has 0 bridgehead atoms. The van der Waals surface area contributed by atoms with Crippen LogP contribution in [0.2, 0.25) is 0 Å². The van der Waals surface area contributed by atoms with E-state index in [4.69, 9.17) is 9.47 Å². The molecule has 0 spiro atoms. The van der Waals surface area contributed by atoms with Gasteiger partial charge in [0.15, 0.2) is 0 Å². The molecule has 1 unspecified atom stereocenters. The summed E-state index contributed by atoms with van der Waals surface area (Å²) in [5, 5.41) is 0. The first-order valence-corrected chi connectivity index (χ1v) is 7.47. The van der Waals surface area contributed by atoms with Gasteiger partial charge in [0.25, 0.3) is 0 Å². The predicted octanol–water partition coefficient (Wildman–Crippen LogP) is 3.97. The molecule has 1 aliphatic rings. The maximum atomic E-state index is 12.6. The molecule has 116 valence electrons. The van der Waals surface area contributed by atoms with E-state index in [0.29, 0.717) is 19.8 Å². The fourth-order valence-corrected chi connectivity index (χ4v) is 2.31. The van der Waals surface area contributed by atoms with Gasteiger partial charge in [-0.05, 0) is 32.6 Å². The standard InChI is InChI=1S/C17H30O3/c1-8-17(10-19-11-17)12-20-14(18)16(7,9-13(2)3)15(4,5)6/h9H,8,10-12H2,1-7H3. The molecule has 0 aliphatic carbocycles. The first kappa shape index (κ1) is 17.2. The molecule has 0 aromatic carbocycles. The Morgan fingerprint density at radius 3 is 2.10 bits per heavy atom. The summed E-state index contributed by atoms with van der Waals surface area (Å²) in [4.78, 5) is 12.6. The van der Waals surface area contributed by atoms with Gasteiger partial charge in [-0.3, -0.25) is 4.79 Å². The largest absolute Gasteiger partial charge is 0.464 e. The van der Waals surface area contributed by atoms with E-state index >= 15 is 0 Å². The molecule has 0 amide bonds. The molecule has 1 heterocycles. The molecule has 1 saturated heterocycles. The summed E-state index contributed by atoms with van der Waals surface area (Å²) in [6.07, 6.45) is 3.01. The van der Waals surface area contributed by atoms with Gasteiger partial charge in [-0.25, -0.2) is 0 Å². The molecular formula is C17H30O3. The third-order valence-corrected chi connectivity index (χ3v) is 4.64. The van der Waals surface area contributed by atoms with Crippen LogP contribution in [0.4, 0.5) is 0 Å². The highest BCUT2D eigenvalue weighted by Gasteiger charge is 2.45. The first-order valence-electron chi connectivity index (χ1n) is 7.47. The second-order valence-electron chi connectivity index (χ2n) is 7.60. The van der Waals surface area contributed by atoms with Crippen molar-refractivity contribution >= 4 is 5.97 Å². The molecule has 0 saturated carbocycles. The van der Waals surface area contributed by atoms with Crippen molar-refractivity contribution in [3.63, 3.8) is 0 Å². The van der Waals surface area contributed by atoms with Crippen LogP contribution in [0.1, 0.15) is 54.9 Å². The summed E-state index contributed by atoms with van der Waals surface area (Å²) in [5.41, 5.74) is 0.387. The average molecular weight is 282 g/mol. The monoisotopic (exact) mass is 282 g/mol. The Hall–Kier alpha value is -0.830. The normalized spacial score (nSPS) is 20.6. The highest BCUT2D eigenvalue weighted by Crippen LogP contribution is 2.42. The van der Waals surface area contributed by atoms with Gasteiger partial charge >= 0.3 is 5.97 Å². The number of hydrogen-bond acceptors (Lipinski definition) is 3. The Morgan fingerprint density at radius 1 is 1.25 bits per heavy atom. The maximum absolute atomic E-state index is 12.6. The van der Waals surface area contributed by atoms with Crippen molar-refractivity contribution in [3.8, 4) is 0 Å². The van der Waals surface area contributed by atoms with Crippen LogP contribution in [0.3, 0.4) is 0 Å². The van der Waals surface area contributed by atoms with Crippen LogP contribution in [0.5, 0.6) is 0 Å². The number of carbonyl (C=O) groups excluding carboxylic acids is 1. The smallest absolute Gasteiger partial charge is 0.316 e. The zero-order valence-corrected chi connectivity index (χ0v) is 14.1. The average Bonchev–Trinajstić information content (AvgIpc) is 2.25. The SMILES string of the molecule is CCC1(COC(=O)C(C)(C=C(C)C)C(C)(C)C)COC1. The van der Waals surface area contributed by atoms with Crippen LogP contribution in [-0.4, -0.2) is 25.8 Å². The van der Waals surface area contributed by atoms with Crippen LogP contribution in [0, 0.1) is 16.2 Å². The van der Waals surface area contributed by atoms with Gasteiger partial charge in [0.2, 0.25) is 0 Å². The van der Waals surface area contributed by atoms with Gasteiger partial charge in [0, 0.05) is 0 Å². The number of esters is 1. The zero-order chi connectivity index (χ0) is 15.6. The molecular weight excluding hydrogens is 252 g/mol. The van der Waals surface area contributed by atoms with Gasteiger partial charge in [-0.15, -0.1) is 0 Å². The van der Waals surface area contributed by atoms with Crippen molar-refractivity contribution in [2.75, 3.05) is 19.8 Å². The highest BCUT2D eigenvalue weighted by atomic mass is 16.5. The van der Waals surface area contributed by atoms with E-state index in [1.165, 1.54) is 0 Å². The van der Waals surface area contributed by atoms with Crippen LogP contribution >= 0.6 is 0 Å². The van der Waals surface area contributed by atoms with Gasteiger partial charge in [-0.2, -0.15) is 0 Å². The van der Waals surface area contributed by atoms with Crippen LogP contribution in [0.15, 0.2) is 11.6 Å². The Labute approximate surface area is 123 Å². The molecule has 3 heteroatoms. The fraction of sp³-hybridized carbons (Fsp3) is 0.824. The lowest BCUT2D eigenvalue weighted by atomic mass is 9.67. The van der Waals surface area contributed by atoms with Gasteiger partial charge in [0.05, 0.1) is 24.0 Å². The Morgan fingerprint density at radius 2 is 1.80 bits per heavy atom. The fourth-order valence-electron chi connectivity index (χ4n) is 2.31. The summed E-state index contributed by atoms with van der Waals surface area (Å²) in [7, 11) is 0. The first-order chi connectivity index (χ1) is 9.06.